The molecule has 1 aliphatic rings. The summed E-state index contributed by atoms with van der Waals surface area (Å²) in [6, 6.07) is 0.342. The molecule has 0 aromatic heterocycles. The molecule has 0 radical (unpaired) electrons. The molecular weight excluding hydrogens is 138 g/mol. The van der Waals surface area contributed by atoms with Gasteiger partial charge in [-0.15, -0.1) is 0 Å². The molecule has 3 N–H and O–H groups in total. The Labute approximate surface area is 68.8 Å². The molecule has 0 heterocycles. The molecular formula is C9H19NO. The van der Waals surface area contributed by atoms with E-state index in [0.29, 0.717) is 24.5 Å². The van der Waals surface area contributed by atoms with Crippen LogP contribution in [-0.4, -0.2) is 17.8 Å². The molecule has 0 amide bonds. The Hall–Kier alpha value is -0.0800. The maximum atomic E-state index is 8.88. The molecule has 1 saturated carbocycles. The van der Waals surface area contributed by atoms with Crippen molar-refractivity contribution in [3.05, 3.63) is 0 Å². The zero-order chi connectivity index (χ0) is 8.27. The van der Waals surface area contributed by atoms with Gasteiger partial charge in [0.05, 0.1) is 0 Å². The molecule has 0 unspecified atom stereocenters. The van der Waals surface area contributed by atoms with Gasteiger partial charge in [-0.2, -0.15) is 0 Å². The first-order valence-electron chi connectivity index (χ1n) is 4.60. The first-order chi connectivity index (χ1) is 5.24. The largest absolute Gasteiger partial charge is 0.396 e. The first-order valence-corrected chi connectivity index (χ1v) is 4.60. The molecule has 0 aliphatic heterocycles. The summed E-state index contributed by atoms with van der Waals surface area (Å²) in [5.41, 5.74) is 5.79. The van der Waals surface area contributed by atoms with Crippen molar-refractivity contribution in [2.45, 2.75) is 38.6 Å². The number of aliphatic hydroxyl groups is 1. The fourth-order valence-electron chi connectivity index (χ4n) is 1.90. The van der Waals surface area contributed by atoms with Crippen LogP contribution < -0.4 is 5.73 Å². The highest BCUT2D eigenvalue weighted by atomic mass is 16.3. The number of hydrogen-bond donors (Lipinski definition) is 2. The van der Waals surface area contributed by atoms with Crippen LogP contribution in [0.2, 0.25) is 0 Å². The lowest BCUT2D eigenvalue weighted by Crippen LogP contribution is -2.30. The summed E-state index contributed by atoms with van der Waals surface area (Å²) in [5, 5.41) is 8.88. The van der Waals surface area contributed by atoms with Crippen molar-refractivity contribution in [3.8, 4) is 0 Å². The lowest BCUT2D eigenvalue weighted by Gasteiger charge is -2.29. The van der Waals surface area contributed by atoms with Crippen molar-refractivity contribution in [2.24, 2.45) is 17.6 Å². The Morgan fingerprint density at radius 2 is 1.91 bits per heavy atom. The summed E-state index contributed by atoms with van der Waals surface area (Å²) < 4.78 is 0. The summed E-state index contributed by atoms with van der Waals surface area (Å²) >= 11 is 0. The van der Waals surface area contributed by atoms with Gasteiger partial charge in [0.2, 0.25) is 0 Å². The van der Waals surface area contributed by atoms with Crippen molar-refractivity contribution >= 4 is 0 Å². The van der Waals surface area contributed by atoms with Crippen molar-refractivity contribution in [1.82, 2.24) is 0 Å². The van der Waals surface area contributed by atoms with E-state index in [9.17, 15) is 0 Å². The molecule has 11 heavy (non-hydrogen) atoms. The predicted molar refractivity (Wildman–Crippen MR) is 46.2 cm³/mol. The van der Waals surface area contributed by atoms with Gasteiger partial charge in [-0.1, -0.05) is 0 Å². The molecule has 0 bridgehead atoms. The van der Waals surface area contributed by atoms with Gasteiger partial charge in [-0.25, -0.2) is 0 Å². The molecule has 1 atom stereocenters. The van der Waals surface area contributed by atoms with Gasteiger partial charge >= 0.3 is 0 Å². The first kappa shape index (κ1) is 9.01. The van der Waals surface area contributed by atoms with E-state index < -0.39 is 0 Å². The average Bonchev–Trinajstić information content (AvgIpc) is 2.05. The molecule has 1 fully saturated rings. The highest BCUT2D eigenvalue weighted by Gasteiger charge is 2.22. The Morgan fingerprint density at radius 1 is 1.36 bits per heavy atom. The monoisotopic (exact) mass is 157 g/mol. The minimum absolute atomic E-state index is 0.342. The zero-order valence-corrected chi connectivity index (χ0v) is 7.29. The lowest BCUT2D eigenvalue weighted by molar-refractivity contribution is 0.160. The van der Waals surface area contributed by atoms with Crippen molar-refractivity contribution in [2.75, 3.05) is 6.61 Å². The second-order valence-corrected chi connectivity index (χ2v) is 3.82. The van der Waals surface area contributed by atoms with Gasteiger partial charge in [0.25, 0.3) is 0 Å². The van der Waals surface area contributed by atoms with Crippen LogP contribution in [0.5, 0.6) is 0 Å². The van der Waals surface area contributed by atoms with Gasteiger partial charge in [-0.05, 0) is 44.4 Å². The maximum absolute atomic E-state index is 8.88. The lowest BCUT2D eigenvalue weighted by atomic mass is 9.79. The summed E-state index contributed by atoms with van der Waals surface area (Å²) in [6.45, 7) is 2.45. The van der Waals surface area contributed by atoms with Crippen molar-refractivity contribution in [1.29, 1.82) is 0 Å². The van der Waals surface area contributed by atoms with Crippen LogP contribution >= 0.6 is 0 Å². The molecule has 0 spiro atoms. The second-order valence-electron chi connectivity index (χ2n) is 3.82. The third-order valence-corrected chi connectivity index (χ3v) is 2.89. The fraction of sp³-hybridized carbons (Fsp3) is 1.00. The van der Waals surface area contributed by atoms with Gasteiger partial charge in [0.1, 0.15) is 0 Å². The number of nitrogens with two attached hydrogens (primary N) is 1. The molecule has 0 aromatic carbocycles. The van der Waals surface area contributed by atoms with Crippen LogP contribution in [0.15, 0.2) is 0 Å². The molecule has 1 aliphatic carbocycles. The Kier molecular flexibility index (Phi) is 3.34. The molecule has 2 nitrogen and oxygen atoms in total. The van der Waals surface area contributed by atoms with Crippen molar-refractivity contribution in [3.63, 3.8) is 0 Å². The summed E-state index contributed by atoms with van der Waals surface area (Å²) in [4.78, 5) is 0. The normalized spacial score (nSPS) is 35.2. The highest BCUT2D eigenvalue weighted by molar-refractivity contribution is 4.76. The van der Waals surface area contributed by atoms with Gasteiger partial charge in [-0.3, -0.25) is 0 Å². The smallest absolute Gasteiger partial charge is 0.0459 e. The maximum Gasteiger partial charge on any atom is 0.0459 e. The minimum atomic E-state index is 0.342. The van der Waals surface area contributed by atoms with Crippen LogP contribution in [0.3, 0.4) is 0 Å². The number of aliphatic hydroxyl groups excluding tert-OH is 1. The van der Waals surface area contributed by atoms with E-state index in [2.05, 4.69) is 6.92 Å². The molecule has 0 saturated heterocycles. The third-order valence-electron chi connectivity index (χ3n) is 2.89. The van der Waals surface area contributed by atoms with Crippen LogP contribution in [0.25, 0.3) is 0 Å². The third kappa shape index (κ3) is 2.46. The predicted octanol–water partition coefficient (Wildman–Crippen LogP) is 1.13. The van der Waals surface area contributed by atoms with Crippen LogP contribution in [0.4, 0.5) is 0 Å². The average molecular weight is 157 g/mol. The van der Waals surface area contributed by atoms with E-state index in [1.165, 1.54) is 25.7 Å². The van der Waals surface area contributed by atoms with Crippen LogP contribution in [0.1, 0.15) is 32.6 Å². The fourth-order valence-corrected chi connectivity index (χ4v) is 1.90. The SMILES string of the molecule is C[C@@H](N)C1CCC(CO)CC1. The second kappa shape index (κ2) is 4.07. The van der Waals surface area contributed by atoms with Gasteiger partial charge < -0.3 is 10.8 Å². The minimum Gasteiger partial charge on any atom is -0.396 e. The Balaban J connectivity index is 2.24. The molecule has 66 valence electrons. The van der Waals surface area contributed by atoms with E-state index in [4.69, 9.17) is 10.8 Å². The van der Waals surface area contributed by atoms with E-state index in [0.717, 1.165) is 0 Å². The summed E-state index contributed by atoms with van der Waals surface area (Å²) in [5.74, 6) is 1.27. The topological polar surface area (TPSA) is 46.2 Å². The van der Waals surface area contributed by atoms with Gasteiger partial charge in [0, 0.05) is 12.6 Å². The summed E-state index contributed by atoms with van der Waals surface area (Å²) in [6.07, 6.45) is 4.76. The highest BCUT2D eigenvalue weighted by Crippen LogP contribution is 2.29. The van der Waals surface area contributed by atoms with Gasteiger partial charge in [0.15, 0.2) is 0 Å². The van der Waals surface area contributed by atoms with Crippen LogP contribution in [0, 0.1) is 11.8 Å². The standard InChI is InChI=1S/C9H19NO/c1-7(10)9-4-2-8(6-11)3-5-9/h7-9,11H,2-6,10H2,1H3/t7-,8?,9?/m1/s1. The molecule has 2 heteroatoms. The van der Waals surface area contributed by atoms with Crippen LogP contribution in [-0.2, 0) is 0 Å². The number of rotatable bonds is 2. The van der Waals surface area contributed by atoms with E-state index in [-0.39, 0.29) is 0 Å². The van der Waals surface area contributed by atoms with E-state index >= 15 is 0 Å². The van der Waals surface area contributed by atoms with E-state index in [1.54, 1.807) is 0 Å². The number of hydrogen-bond acceptors (Lipinski definition) is 2. The summed E-state index contributed by atoms with van der Waals surface area (Å²) in [7, 11) is 0. The quantitative estimate of drug-likeness (QED) is 0.631. The Morgan fingerprint density at radius 3 is 2.27 bits per heavy atom. The molecule has 0 aromatic rings. The Bertz CT molecular complexity index is 106. The molecule has 1 rings (SSSR count). The zero-order valence-electron chi connectivity index (χ0n) is 7.29. The van der Waals surface area contributed by atoms with E-state index in [1.807, 2.05) is 0 Å². The van der Waals surface area contributed by atoms with Crippen molar-refractivity contribution < 1.29 is 5.11 Å².